The molecular weight excluding hydrogens is 366 g/mol. The third kappa shape index (κ3) is 4.77. The van der Waals surface area contributed by atoms with E-state index in [0.717, 1.165) is 22.5 Å². The van der Waals surface area contributed by atoms with E-state index in [1.807, 2.05) is 39.8 Å². The number of amides is 1. The first-order chi connectivity index (χ1) is 13.7. The molecule has 150 valence electrons. The number of ether oxygens (including phenoxy) is 1. The number of likely N-dealkylation sites (N-methyl/N-ethyl adjacent to an activating group) is 1. The monoisotopic (exact) mass is 391 g/mol. The third-order valence-corrected chi connectivity index (χ3v) is 4.97. The van der Waals surface area contributed by atoms with Crippen molar-refractivity contribution in [2.24, 2.45) is 0 Å². The van der Waals surface area contributed by atoms with Crippen LogP contribution in [0.2, 0.25) is 0 Å². The fourth-order valence-electron chi connectivity index (χ4n) is 3.05. The second-order valence-electron chi connectivity index (χ2n) is 7.35. The maximum absolute atomic E-state index is 12.4. The predicted molar refractivity (Wildman–Crippen MR) is 112 cm³/mol. The van der Waals surface area contributed by atoms with Crippen LogP contribution in [0, 0.1) is 27.7 Å². The Balaban J connectivity index is 1.62. The second kappa shape index (κ2) is 8.39. The maximum atomic E-state index is 12.4. The molecule has 29 heavy (non-hydrogen) atoms. The van der Waals surface area contributed by atoms with Crippen LogP contribution in [0.1, 0.15) is 38.4 Å². The number of fused-ring (bicyclic) bond motifs is 1. The van der Waals surface area contributed by atoms with Crippen molar-refractivity contribution in [1.29, 1.82) is 0 Å². The van der Waals surface area contributed by atoms with Crippen LogP contribution in [-0.2, 0) is 16.1 Å². The highest BCUT2D eigenvalue weighted by molar-refractivity contribution is 5.94. The Morgan fingerprint density at radius 2 is 1.62 bits per heavy atom. The number of esters is 1. The van der Waals surface area contributed by atoms with Crippen LogP contribution in [0.4, 0.5) is 0 Å². The Morgan fingerprint density at radius 1 is 0.931 bits per heavy atom. The summed E-state index contributed by atoms with van der Waals surface area (Å²) >= 11 is 0. The number of hydrogen-bond donors (Lipinski definition) is 0. The van der Waals surface area contributed by atoms with Gasteiger partial charge in [-0.3, -0.25) is 4.79 Å². The van der Waals surface area contributed by atoms with Gasteiger partial charge in [-0.05, 0) is 57.0 Å². The Labute approximate surface area is 170 Å². The summed E-state index contributed by atoms with van der Waals surface area (Å²) in [6.07, 6.45) is 0. The standard InChI is InChI=1S/C23H25N3O3/c1-14-6-7-19(15(2)10-14)12-26(5)22(27)13-29-23(28)18-8-9-20-21(11-18)25-17(4)16(3)24-20/h6-11H,12-13H2,1-5H3. The van der Waals surface area contributed by atoms with Crippen molar-refractivity contribution in [2.75, 3.05) is 13.7 Å². The molecule has 1 aromatic heterocycles. The number of nitrogens with zero attached hydrogens (tertiary/aromatic N) is 3. The van der Waals surface area contributed by atoms with Crippen molar-refractivity contribution >= 4 is 22.9 Å². The number of rotatable bonds is 5. The molecule has 0 saturated heterocycles. The first-order valence-electron chi connectivity index (χ1n) is 9.47. The molecule has 3 rings (SSSR count). The van der Waals surface area contributed by atoms with Crippen molar-refractivity contribution in [3.8, 4) is 0 Å². The zero-order valence-corrected chi connectivity index (χ0v) is 17.4. The van der Waals surface area contributed by atoms with Crippen LogP contribution in [0.3, 0.4) is 0 Å². The molecule has 0 fully saturated rings. The van der Waals surface area contributed by atoms with E-state index >= 15 is 0 Å². The SMILES string of the molecule is Cc1ccc(CN(C)C(=O)COC(=O)c2ccc3nc(C)c(C)nc3c2)c(C)c1. The zero-order chi connectivity index (χ0) is 21.1. The topological polar surface area (TPSA) is 72.4 Å². The van der Waals surface area contributed by atoms with Crippen molar-refractivity contribution in [2.45, 2.75) is 34.2 Å². The molecule has 0 N–H and O–H groups in total. The second-order valence-corrected chi connectivity index (χ2v) is 7.35. The molecule has 3 aromatic rings. The molecular formula is C23H25N3O3. The van der Waals surface area contributed by atoms with Crippen LogP contribution < -0.4 is 0 Å². The largest absolute Gasteiger partial charge is 0.452 e. The van der Waals surface area contributed by atoms with Gasteiger partial charge in [-0.15, -0.1) is 0 Å². The fourth-order valence-corrected chi connectivity index (χ4v) is 3.05. The van der Waals surface area contributed by atoms with Gasteiger partial charge in [0.25, 0.3) is 5.91 Å². The normalized spacial score (nSPS) is 10.8. The lowest BCUT2D eigenvalue weighted by molar-refractivity contribution is -0.133. The Hall–Kier alpha value is -3.28. The molecule has 0 unspecified atom stereocenters. The van der Waals surface area contributed by atoms with Gasteiger partial charge in [-0.25, -0.2) is 14.8 Å². The van der Waals surface area contributed by atoms with Crippen molar-refractivity contribution in [3.63, 3.8) is 0 Å². The molecule has 1 amide bonds. The Morgan fingerprint density at radius 3 is 2.31 bits per heavy atom. The van der Waals surface area contributed by atoms with Gasteiger partial charge in [0.15, 0.2) is 6.61 Å². The van der Waals surface area contributed by atoms with Crippen LogP contribution in [0.25, 0.3) is 11.0 Å². The average Bonchev–Trinajstić information content (AvgIpc) is 2.68. The van der Waals surface area contributed by atoms with E-state index < -0.39 is 5.97 Å². The Bertz CT molecular complexity index is 1090. The summed E-state index contributed by atoms with van der Waals surface area (Å²) in [4.78, 5) is 35.2. The molecule has 2 aromatic carbocycles. The molecule has 0 aliphatic heterocycles. The van der Waals surface area contributed by atoms with Gasteiger partial charge >= 0.3 is 5.97 Å². The molecule has 0 aliphatic carbocycles. The lowest BCUT2D eigenvalue weighted by Gasteiger charge is -2.18. The molecule has 0 saturated carbocycles. The highest BCUT2D eigenvalue weighted by Crippen LogP contribution is 2.16. The molecule has 0 bridgehead atoms. The predicted octanol–water partition coefficient (Wildman–Crippen LogP) is 3.68. The van der Waals surface area contributed by atoms with Crippen LogP contribution in [-0.4, -0.2) is 40.4 Å². The summed E-state index contributed by atoms with van der Waals surface area (Å²) in [5, 5.41) is 0. The summed E-state index contributed by atoms with van der Waals surface area (Å²) in [5.74, 6) is -0.814. The van der Waals surface area contributed by atoms with E-state index in [2.05, 4.69) is 16.0 Å². The maximum Gasteiger partial charge on any atom is 0.338 e. The van der Waals surface area contributed by atoms with Crippen LogP contribution in [0.5, 0.6) is 0 Å². The van der Waals surface area contributed by atoms with Crippen molar-refractivity contribution in [1.82, 2.24) is 14.9 Å². The molecule has 0 radical (unpaired) electrons. The van der Waals surface area contributed by atoms with E-state index in [1.54, 1.807) is 30.1 Å². The van der Waals surface area contributed by atoms with Crippen LogP contribution in [0.15, 0.2) is 36.4 Å². The van der Waals surface area contributed by atoms with Gasteiger partial charge in [0.05, 0.1) is 28.0 Å². The molecule has 0 aliphatic rings. The van der Waals surface area contributed by atoms with Crippen molar-refractivity contribution in [3.05, 3.63) is 70.0 Å². The minimum Gasteiger partial charge on any atom is -0.452 e. The third-order valence-electron chi connectivity index (χ3n) is 4.97. The highest BCUT2D eigenvalue weighted by Gasteiger charge is 2.15. The minimum absolute atomic E-state index is 0.259. The minimum atomic E-state index is -0.555. The highest BCUT2D eigenvalue weighted by atomic mass is 16.5. The average molecular weight is 391 g/mol. The number of hydrogen-bond acceptors (Lipinski definition) is 5. The van der Waals surface area contributed by atoms with Gasteiger partial charge in [-0.2, -0.15) is 0 Å². The summed E-state index contributed by atoms with van der Waals surface area (Å²) in [6, 6.07) is 11.1. The lowest BCUT2D eigenvalue weighted by Crippen LogP contribution is -2.31. The van der Waals surface area contributed by atoms with Gasteiger partial charge < -0.3 is 9.64 Å². The van der Waals surface area contributed by atoms with Crippen molar-refractivity contribution < 1.29 is 14.3 Å². The Kier molecular flexibility index (Phi) is 5.92. The quantitative estimate of drug-likeness (QED) is 0.621. The van der Waals surface area contributed by atoms with E-state index in [1.165, 1.54) is 5.56 Å². The first-order valence-corrected chi connectivity index (χ1v) is 9.47. The van der Waals surface area contributed by atoms with Crippen LogP contribution >= 0.6 is 0 Å². The smallest absolute Gasteiger partial charge is 0.338 e. The zero-order valence-electron chi connectivity index (χ0n) is 17.4. The number of aromatic nitrogens is 2. The first kappa shape index (κ1) is 20.5. The number of carbonyl (C=O) groups excluding carboxylic acids is 2. The molecule has 0 spiro atoms. The number of benzene rings is 2. The number of carbonyl (C=O) groups is 2. The summed E-state index contributed by atoms with van der Waals surface area (Å²) in [6.45, 7) is 7.98. The molecule has 6 heteroatoms. The summed E-state index contributed by atoms with van der Waals surface area (Å²) in [7, 11) is 1.70. The van der Waals surface area contributed by atoms with Gasteiger partial charge in [0.2, 0.25) is 0 Å². The lowest BCUT2D eigenvalue weighted by atomic mass is 10.1. The fraction of sp³-hybridized carbons (Fsp3) is 0.304. The van der Waals surface area contributed by atoms with E-state index in [-0.39, 0.29) is 12.5 Å². The summed E-state index contributed by atoms with van der Waals surface area (Å²) in [5.41, 5.74) is 6.73. The molecule has 1 heterocycles. The summed E-state index contributed by atoms with van der Waals surface area (Å²) < 4.78 is 5.22. The van der Waals surface area contributed by atoms with Gasteiger partial charge in [0, 0.05) is 13.6 Å². The van der Waals surface area contributed by atoms with E-state index in [0.29, 0.717) is 23.1 Å². The van der Waals surface area contributed by atoms with E-state index in [4.69, 9.17) is 4.74 Å². The van der Waals surface area contributed by atoms with Gasteiger partial charge in [-0.1, -0.05) is 23.8 Å². The molecule has 6 nitrogen and oxygen atoms in total. The molecule has 0 atom stereocenters. The number of aryl methyl sites for hydroxylation is 4. The van der Waals surface area contributed by atoms with Gasteiger partial charge in [0.1, 0.15) is 0 Å². The van der Waals surface area contributed by atoms with E-state index in [9.17, 15) is 9.59 Å².